The first kappa shape index (κ1) is 13.7. The van der Waals surface area contributed by atoms with Crippen LogP contribution in [0, 0.1) is 6.92 Å². The van der Waals surface area contributed by atoms with Crippen molar-refractivity contribution in [3.8, 4) is 0 Å². The monoisotopic (exact) mass is 318 g/mol. The van der Waals surface area contributed by atoms with Crippen LogP contribution in [0.25, 0.3) is 0 Å². The molecule has 3 nitrogen and oxygen atoms in total. The van der Waals surface area contributed by atoms with E-state index in [1.54, 1.807) is 6.20 Å². The van der Waals surface area contributed by atoms with E-state index in [0.29, 0.717) is 5.56 Å². The number of rotatable bonds is 3. The number of aromatic nitrogens is 1. The van der Waals surface area contributed by atoms with E-state index in [1.165, 1.54) is 0 Å². The van der Waals surface area contributed by atoms with Crippen molar-refractivity contribution in [3.05, 3.63) is 63.9 Å². The number of hydrogen-bond acceptors (Lipinski definition) is 2. The molecule has 1 atom stereocenters. The zero-order chi connectivity index (χ0) is 13.8. The third kappa shape index (κ3) is 3.64. The Balaban J connectivity index is 2.13. The highest BCUT2D eigenvalue weighted by Crippen LogP contribution is 2.16. The molecule has 1 aromatic carbocycles. The largest absolute Gasteiger partial charge is 0.344 e. The summed E-state index contributed by atoms with van der Waals surface area (Å²) in [7, 11) is 0. The number of nitrogens with zero attached hydrogens (tertiary/aromatic N) is 1. The fraction of sp³-hybridized carbons (Fsp3) is 0.200. The van der Waals surface area contributed by atoms with Crippen molar-refractivity contribution in [1.29, 1.82) is 0 Å². The number of carbonyl (C=O) groups is 1. The first-order valence-electron chi connectivity index (χ1n) is 6.05. The van der Waals surface area contributed by atoms with Gasteiger partial charge in [-0.3, -0.25) is 9.78 Å². The van der Waals surface area contributed by atoms with Crippen LogP contribution in [0.5, 0.6) is 0 Å². The Kier molecular flexibility index (Phi) is 4.32. The fourth-order valence-corrected chi connectivity index (χ4v) is 2.46. The Morgan fingerprint density at radius 2 is 2.11 bits per heavy atom. The molecular weight excluding hydrogens is 304 g/mol. The second-order valence-electron chi connectivity index (χ2n) is 4.47. The molecule has 1 N–H and O–H groups in total. The zero-order valence-electron chi connectivity index (χ0n) is 10.9. The molecule has 1 aromatic heterocycles. The van der Waals surface area contributed by atoms with Gasteiger partial charge < -0.3 is 5.32 Å². The quantitative estimate of drug-likeness (QED) is 0.938. The molecular formula is C15H15BrN2O. The highest BCUT2D eigenvalue weighted by molar-refractivity contribution is 9.10. The second kappa shape index (κ2) is 5.97. The number of amides is 1. The van der Waals surface area contributed by atoms with E-state index < -0.39 is 0 Å². The van der Waals surface area contributed by atoms with Crippen LogP contribution >= 0.6 is 15.9 Å². The molecule has 1 unspecified atom stereocenters. The van der Waals surface area contributed by atoms with Crippen molar-refractivity contribution in [1.82, 2.24) is 10.3 Å². The van der Waals surface area contributed by atoms with Crippen molar-refractivity contribution in [2.24, 2.45) is 0 Å². The molecule has 0 bridgehead atoms. The summed E-state index contributed by atoms with van der Waals surface area (Å²) >= 11 is 3.40. The molecule has 0 spiro atoms. The Morgan fingerprint density at radius 3 is 2.74 bits per heavy atom. The van der Waals surface area contributed by atoms with Crippen LogP contribution in [0.15, 0.2) is 47.1 Å². The predicted octanol–water partition coefficient (Wildman–Crippen LogP) is 3.64. The lowest BCUT2D eigenvalue weighted by atomic mass is 10.1. The number of aryl methyl sites for hydroxylation is 1. The maximum absolute atomic E-state index is 12.2. The summed E-state index contributed by atoms with van der Waals surface area (Å²) in [5.74, 6) is -0.0949. The summed E-state index contributed by atoms with van der Waals surface area (Å²) in [5, 5.41) is 2.94. The van der Waals surface area contributed by atoms with Crippen molar-refractivity contribution >= 4 is 21.8 Å². The van der Waals surface area contributed by atoms with Crippen LogP contribution in [0.3, 0.4) is 0 Å². The van der Waals surface area contributed by atoms with Crippen molar-refractivity contribution in [3.63, 3.8) is 0 Å². The average Bonchev–Trinajstić information content (AvgIpc) is 2.38. The van der Waals surface area contributed by atoms with Gasteiger partial charge in [-0.1, -0.05) is 22.0 Å². The smallest absolute Gasteiger partial charge is 0.251 e. The van der Waals surface area contributed by atoms with Gasteiger partial charge in [0.25, 0.3) is 5.91 Å². The molecule has 0 aliphatic heterocycles. The molecule has 1 heterocycles. The van der Waals surface area contributed by atoms with Gasteiger partial charge in [-0.2, -0.15) is 0 Å². The van der Waals surface area contributed by atoms with Crippen molar-refractivity contribution in [2.45, 2.75) is 19.9 Å². The fourth-order valence-electron chi connectivity index (χ4n) is 1.85. The van der Waals surface area contributed by atoms with Gasteiger partial charge in [0.2, 0.25) is 0 Å². The van der Waals surface area contributed by atoms with E-state index in [9.17, 15) is 4.79 Å². The Morgan fingerprint density at radius 1 is 1.32 bits per heavy atom. The number of nitrogens with one attached hydrogen (secondary N) is 1. The SMILES string of the molecule is Cc1cc(Br)cc(C(=O)NC(C)c2ccccn2)c1. The minimum Gasteiger partial charge on any atom is -0.344 e. The number of carbonyl (C=O) groups excluding carboxylic acids is 1. The molecule has 98 valence electrons. The Labute approximate surface area is 121 Å². The highest BCUT2D eigenvalue weighted by atomic mass is 79.9. The van der Waals surface area contributed by atoms with Gasteiger partial charge in [0, 0.05) is 16.2 Å². The molecule has 0 saturated heterocycles. The minimum absolute atomic E-state index is 0.0949. The number of benzene rings is 1. The molecule has 0 aliphatic rings. The summed E-state index contributed by atoms with van der Waals surface area (Å²) in [5.41, 5.74) is 2.54. The number of halogens is 1. The minimum atomic E-state index is -0.118. The van der Waals surface area contributed by atoms with E-state index in [4.69, 9.17) is 0 Å². The molecule has 0 aliphatic carbocycles. The Bertz CT molecular complexity index is 564. The molecule has 1 amide bonds. The van der Waals surface area contributed by atoms with Crippen molar-refractivity contribution in [2.75, 3.05) is 0 Å². The molecule has 0 saturated carbocycles. The predicted molar refractivity (Wildman–Crippen MR) is 79.0 cm³/mol. The van der Waals surface area contributed by atoms with Gasteiger partial charge >= 0.3 is 0 Å². The number of pyridine rings is 1. The molecule has 19 heavy (non-hydrogen) atoms. The molecule has 4 heteroatoms. The van der Waals surface area contributed by atoms with E-state index in [0.717, 1.165) is 15.7 Å². The maximum atomic E-state index is 12.2. The maximum Gasteiger partial charge on any atom is 0.251 e. The molecule has 2 rings (SSSR count). The summed E-state index contributed by atoms with van der Waals surface area (Å²) in [6.07, 6.45) is 1.72. The van der Waals surface area contributed by atoms with Crippen molar-refractivity contribution < 1.29 is 4.79 Å². The van der Waals surface area contributed by atoms with E-state index in [-0.39, 0.29) is 11.9 Å². The summed E-state index contributed by atoms with van der Waals surface area (Å²) in [6, 6.07) is 11.2. The van der Waals surface area contributed by atoms with Crippen LogP contribution < -0.4 is 5.32 Å². The molecule has 2 aromatic rings. The number of hydrogen-bond donors (Lipinski definition) is 1. The highest BCUT2D eigenvalue weighted by Gasteiger charge is 2.12. The molecule has 0 fully saturated rings. The van der Waals surface area contributed by atoms with E-state index in [1.807, 2.05) is 50.2 Å². The lowest BCUT2D eigenvalue weighted by molar-refractivity contribution is 0.0939. The standard InChI is InChI=1S/C15H15BrN2O/c1-10-7-12(9-13(16)8-10)15(19)18-11(2)14-5-3-4-6-17-14/h3-9,11H,1-2H3,(H,18,19). The van der Waals surface area contributed by atoms with E-state index in [2.05, 4.69) is 26.2 Å². The summed E-state index contributed by atoms with van der Waals surface area (Å²) < 4.78 is 0.906. The van der Waals surface area contributed by atoms with Crippen LogP contribution in [0.1, 0.15) is 34.6 Å². The normalized spacial score (nSPS) is 11.9. The molecule has 0 radical (unpaired) electrons. The first-order valence-corrected chi connectivity index (χ1v) is 6.84. The van der Waals surface area contributed by atoms with Gasteiger partial charge in [-0.15, -0.1) is 0 Å². The first-order chi connectivity index (χ1) is 9.06. The van der Waals surface area contributed by atoms with E-state index >= 15 is 0 Å². The third-order valence-electron chi connectivity index (χ3n) is 2.78. The van der Waals surface area contributed by atoms with Crippen LogP contribution in [-0.2, 0) is 0 Å². The topological polar surface area (TPSA) is 42.0 Å². The van der Waals surface area contributed by atoms with Crippen LogP contribution in [0.2, 0.25) is 0 Å². The summed E-state index contributed by atoms with van der Waals surface area (Å²) in [6.45, 7) is 3.88. The van der Waals surface area contributed by atoms with Gasteiger partial charge in [0.05, 0.1) is 11.7 Å². The lowest BCUT2D eigenvalue weighted by Gasteiger charge is -2.13. The van der Waals surface area contributed by atoms with Gasteiger partial charge in [0.15, 0.2) is 0 Å². The van der Waals surface area contributed by atoms with Gasteiger partial charge in [-0.25, -0.2) is 0 Å². The van der Waals surface area contributed by atoms with Gasteiger partial charge in [-0.05, 0) is 49.7 Å². The lowest BCUT2D eigenvalue weighted by Crippen LogP contribution is -2.27. The Hall–Kier alpha value is -1.68. The van der Waals surface area contributed by atoms with Crippen LogP contribution in [0.4, 0.5) is 0 Å². The average molecular weight is 319 g/mol. The van der Waals surface area contributed by atoms with Gasteiger partial charge in [0.1, 0.15) is 0 Å². The van der Waals surface area contributed by atoms with Crippen LogP contribution in [-0.4, -0.2) is 10.9 Å². The zero-order valence-corrected chi connectivity index (χ0v) is 12.4. The third-order valence-corrected chi connectivity index (χ3v) is 3.24. The summed E-state index contributed by atoms with van der Waals surface area (Å²) in [4.78, 5) is 16.4. The second-order valence-corrected chi connectivity index (χ2v) is 5.38.